The minimum atomic E-state index is -3.59. The fraction of sp³-hybridized carbons (Fsp3) is 0.545. The molecule has 0 aliphatic carbocycles. The topological polar surface area (TPSA) is 71.1 Å². The van der Waals surface area contributed by atoms with E-state index in [1.54, 1.807) is 18.8 Å². The van der Waals surface area contributed by atoms with Crippen LogP contribution in [-0.2, 0) is 10.0 Å². The number of rotatable bonds is 6. The molecule has 19 heavy (non-hydrogen) atoms. The molecule has 0 radical (unpaired) electrons. The SMILES string of the molecule is CNc1ncc(S(=O)(=O)NCC(C)(C)SC)cc1Cl. The van der Waals surface area contributed by atoms with E-state index in [0.717, 1.165) is 0 Å². The Morgan fingerprint density at radius 1 is 1.47 bits per heavy atom. The first-order chi connectivity index (χ1) is 8.72. The standard InChI is InChI=1S/C11H18ClN3O2S2/c1-11(2,18-4)7-15-19(16,17)8-5-9(12)10(13-3)14-6-8/h5-6,15H,7H2,1-4H3,(H,13,14). The summed E-state index contributed by atoms with van der Waals surface area (Å²) in [5, 5.41) is 3.05. The Bertz CT molecular complexity index is 547. The third-order valence-corrected chi connectivity index (χ3v) is 5.51. The average Bonchev–Trinajstić information content (AvgIpc) is 2.36. The quantitative estimate of drug-likeness (QED) is 0.839. The molecular formula is C11H18ClN3O2S2. The molecule has 1 heterocycles. The van der Waals surface area contributed by atoms with Crippen molar-refractivity contribution in [1.29, 1.82) is 0 Å². The first kappa shape index (κ1) is 16.6. The van der Waals surface area contributed by atoms with Crippen LogP contribution in [0.1, 0.15) is 13.8 Å². The Morgan fingerprint density at radius 3 is 2.58 bits per heavy atom. The summed E-state index contributed by atoms with van der Waals surface area (Å²) in [6.45, 7) is 4.27. The summed E-state index contributed by atoms with van der Waals surface area (Å²) in [6, 6.07) is 1.38. The summed E-state index contributed by atoms with van der Waals surface area (Å²) >= 11 is 7.53. The Balaban J connectivity index is 2.92. The normalized spacial score (nSPS) is 12.5. The van der Waals surface area contributed by atoms with Crippen LogP contribution in [0.5, 0.6) is 0 Å². The molecule has 108 valence electrons. The van der Waals surface area contributed by atoms with E-state index in [1.807, 2.05) is 20.1 Å². The molecule has 0 saturated carbocycles. The second-order valence-electron chi connectivity index (χ2n) is 4.54. The lowest BCUT2D eigenvalue weighted by molar-refractivity contribution is 0.570. The molecule has 8 heteroatoms. The van der Waals surface area contributed by atoms with Gasteiger partial charge in [0.2, 0.25) is 10.0 Å². The number of hydrogen-bond acceptors (Lipinski definition) is 5. The summed E-state index contributed by atoms with van der Waals surface area (Å²) < 4.78 is 26.6. The van der Waals surface area contributed by atoms with E-state index in [2.05, 4.69) is 15.0 Å². The van der Waals surface area contributed by atoms with E-state index in [-0.39, 0.29) is 14.7 Å². The van der Waals surface area contributed by atoms with Crippen molar-refractivity contribution in [3.8, 4) is 0 Å². The van der Waals surface area contributed by atoms with E-state index in [4.69, 9.17) is 11.6 Å². The van der Waals surface area contributed by atoms with Crippen molar-refractivity contribution in [1.82, 2.24) is 9.71 Å². The van der Waals surface area contributed by atoms with Crippen molar-refractivity contribution in [2.75, 3.05) is 25.2 Å². The molecule has 0 atom stereocenters. The van der Waals surface area contributed by atoms with E-state index in [0.29, 0.717) is 12.4 Å². The minimum Gasteiger partial charge on any atom is -0.372 e. The number of nitrogens with one attached hydrogen (secondary N) is 2. The minimum absolute atomic E-state index is 0.0633. The Labute approximate surface area is 123 Å². The molecule has 2 N–H and O–H groups in total. The highest BCUT2D eigenvalue weighted by molar-refractivity contribution is 8.00. The number of halogens is 1. The molecule has 0 aromatic carbocycles. The number of pyridine rings is 1. The lowest BCUT2D eigenvalue weighted by atomic mass is 10.2. The van der Waals surface area contributed by atoms with Crippen LogP contribution >= 0.6 is 23.4 Å². The summed E-state index contributed by atoms with van der Waals surface area (Å²) in [5.74, 6) is 0.449. The van der Waals surface area contributed by atoms with Gasteiger partial charge in [-0.3, -0.25) is 0 Å². The van der Waals surface area contributed by atoms with Gasteiger partial charge in [-0.15, -0.1) is 0 Å². The van der Waals surface area contributed by atoms with Gasteiger partial charge in [-0.05, 0) is 26.2 Å². The molecule has 0 amide bonds. The number of nitrogens with zero attached hydrogens (tertiary/aromatic N) is 1. The molecule has 0 bridgehead atoms. The van der Waals surface area contributed by atoms with Gasteiger partial charge in [0.25, 0.3) is 0 Å². The Hall–Kier alpha value is -0.500. The smallest absolute Gasteiger partial charge is 0.242 e. The Morgan fingerprint density at radius 2 is 2.11 bits per heavy atom. The number of thioether (sulfide) groups is 1. The zero-order chi connectivity index (χ0) is 14.7. The molecule has 1 aromatic heterocycles. The largest absolute Gasteiger partial charge is 0.372 e. The number of sulfonamides is 1. The molecule has 5 nitrogen and oxygen atoms in total. The second kappa shape index (κ2) is 6.30. The molecule has 0 unspecified atom stereocenters. The van der Waals surface area contributed by atoms with Crippen LogP contribution in [0.4, 0.5) is 5.82 Å². The van der Waals surface area contributed by atoms with Crippen molar-refractivity contribution < 1.29 is 8.42 Å². The third-order valence-electron chi connectivity index (χ3n) is 2.60. The van der Waals surface area contributed by atoms with Crippen LogP contribution in [0.25, 0.3) is 0 Å². The van der Waals surface area contributed by atoms with Crippen LogP contribution < -0.4 is 10.0 Å². The number of hydrogen-bond donors (Lipinski definition) is 2. The van der Waals surface area contributed by atoms with E-state index in [1.165, 1.54) is 12.3 Å². The second-order valence-corrected chi connectivity index (χ2v) is 8.23. The van der Waals surface area contributed by atoms with E-state index >= 15 is 0 Å². The van der Waals surface area contributed by atoms with Crippen molar-refractivity contribution >= 4 is 39.2 Å². The Kier molecular flexibility index (Phi) is 5.49. The van der Waals surface area contributed by atoms with Crippen molar-refractivity contribution in [2.45, 2.75) is 23.5 Å². The maximum absolute atomic E-state index is 12.1. The van der Waals surface area contributed by atoms with Crippen LogP contribution in [0.3, 0.4) is 0 Å². The molecule has 0 fully saturated rings. The van der Waals surface area contributed by atoms with Crippen LogP contribution in [0.15, 0.2) is 17.2 Å². The van der Waals surface area contributed by atoms with Gasteiger partial charge >= 0.3 is 0 Å². The predicted octanol–water partition coefficient (Wildman–Crippen LogP) is 2.20. The highest BCUT2D eigenvalue weighted by Gasteiger charge is 2.22. The van der Waals surface area contributed by atoms with Crippen LogP contribution in [-0.4, -0.2) is 38.0 Å². The highest BCUT2D eigenvalue weighted by Crippen LogP contribution is 2.23. The van der Waals surface area contributed by atoms with Gasteiger partial charge < -0.3 is 5.32 Å². The van der Waals surface area contributed by atoms with E-state index in [9.17, 15) is 8.42 Å². The lowest BCUT2D eigenvalue weighted by Gasteiger charge is -2.22. The van der Waals surface area contributed by atoms with Crippen molar-refractivity contribution in [3.05, 3.63) is 17.3 Å². The molecule has 0 spiro atoms. The van der Waals surface area contributed by atoms with Crippen molar-refractivity contribution in [3.63, 3.8) is 0 Å². The van der Waals surface area contributed by atoms with Crippen LogP contribution in [0, 0.1) is 0 Å². The first-order valence-corrected chi connectivity index (χ1v) is 8.68. The molecule has 0 saturated heterocycles. The van der Waals surface area contributed by atoms with Gasteiger partial charge in [0.15, 0.2) is 0 Å². The van der Waals surface area contributed by atoms with Gasteiger partial charge in [0.1, 0.15) is 10.7 Å². The maximum atomic E-state index is 12.1. The van der Waals surface area contributed by atoms with Crippen molar-refractivity contribution in [2.24, 2.45) is 0 Å². The van der Waals surface area contributed by atoms with Gasteiger partial charge in [0, 0.05) is 24.5 Å². The average molecular weight is 324 g/mol. The molecule has 0 aliphatic heterocycles. The summed E-state index contributed by atoms with van der Waals surface area (Å²) in [4.78, 5) is 4.02. The molecular weight excluding hydrogens is 306 g/mol. The fourth-order valence-corrected chi connectivity index (χ4v) is 2.99. The van der Waals surface area contributed by atoms with Crippen LogP contribution in [0.2, 0.25) is 5.02 Å². The maximum Gasteiger partial charge on any atom is 0.242 e. The summed E-state index contributed by atoms with van der Waals surface area (Å²) in [7, 11) is -1.92. The van der Waals surface area contributed by atoms with Gasteiger partial charge in [-0.2, -0.15) is 11.8 Å². The molecule has 1 rings (SSSR count). The monoisotopic (exact) mass is 323 g/mol. The molecule has 0 aliphatic rings. The number of anilines is 1. The highest BCUT2D eigenvalue weighted by atomic mass is 35.5. The zero-order valence-corrected chi connectivity index (χ0v) is 13.7. The van der Waals surface area contributed by atoms with Gasteiger partial charge in [-0.1, -0.05) is 11.6 Å². The molecule has 1 aromatic rings. The summed E-state index contributed by atoms with van der Waals surface area (Å²) in [6.07, 6.45) is 3.22. The fourth-order valence-electron chi connectivity index (χ4n) is 1.18. The lowest BCUT2D eigenvalue weighted by Crippen LogP contribution is -2.36. The van der Waals surface area contributed by atoms with Gasteiger partial charge in [-0.25, -0.2) is 18.1 Å². The zero-order valence-electron chi connectivity index (χ0n) is 11.3. The van der Waals surface area contributed by atoms with E-state index < -0.39 is 10.0 Å². The third kappa shape index (κ3) is 4.52. The van der Waals surface area contributed by atoms with Gasteiger partial charge in [0.05, 0.1) is 5.02 Å². The first-order valence-electron chi connectivity index (χ1n) is 5.60. The predicted molar refractivity (Wildman–Crippen MR) is 81.6 cm³/mol. The summed E-state index contributed by atoms with van der Waals surface area (Å²) in [5.41, 5.74) is 0. The number of aromatic nitrogens is 1.